The summed E-state index contributed by atoms with van der Waals surface area (Å²) in [4.78, 5) is 2.66. The predicted molar refractivity (Wildman–Crippen MR) is 212 cm³/mol. The summed E-state index contributed by atoms with van der Waals surface area (Å²) in [6.07, 6.45) is 47.7. The van der Waals surface area contributed by atoms with Gasteiger partial charge in [0.1, 0.15) is 0 Å². The molecule has 9 rings (SSSR count). The van der Waals surface area contributed by atoms with Crippen LogP contribution in [0.2, 0.25) is 0 Å². The molecular formula is C49H49N. The lowest BCUT2D eigenvalue weighted by Gasteiger charge is -2.54. The van der Waals surface area contributed by atoms with E-state index >= 15 is 0 Å². The lowest BCUT2D eigenvalue weighted by Crippen LogP contribution is -2.44. The second-order valence-electron chi connectivity index (χ2n) is 16.2. The van der Waals surface area contributed by atoms with Crippen molar-refractivity contribution < 1.29 is 0 Å². The molecule has 0 aliphatic heterocycles. The Morgan fingerprint density at radius 1 is 0.760 bits per heavy atom. The third-order valence-corrected chi connectivity index (χ3v) is 12.7. The van der Waals surface area contributed by atoms with Crippen LogP contribution < -0.4 is 4.90 Å². The van der Waals surface area contributed by atoms with Crippen molar-refractivity contribution in [2.24, 2.45) is 34.5 Å². The molecule has 0 N–H and O–H groups in total. The molecule has 8 aliphatic carbocycles. The number of rotatable bonds is 5. The molecule has 1 aromatic carbocycles. The van der Waals surface area contributed by atoms with Crippen molar-refractivity contribution in [1.29, 1.82) is 0 Å². The summed E-state index contributed by atoms with van der Waals surface area (Å²) in [5, 5.41) is 0. The van der Waals surface area contributed by atoms with Crippen LogP contribution in [0.15, 0.2) is 184 Å². The summed E-state index contributed by atoms with van der Waals surface area (Å²) in [6, 6.07) is 9.15. The average molecular weight is 652 g/mol. The van der Waals surface area contributed by atoms with Gasteiger partial charge in [-0.15, -0.1) is 0 Å². The Labute approximate surface area is 299 Å². The van der Waals surface area contributed by atoms with Crippen molar-refractivity contribution in [2.75, 3.05) is 4.90 Å². The highest BCUT2D eigenvalue weighted by Gasteiger charge is 2.53. The monoisotopic (exact) mass is 651 g/mol. The fourth-order valence-electron chi connectivity index (χ4n) is 9.98. The topological polar surface area (TPSA) is 3.24 Å². The summed E-state index contributed by atoms with van der Waals surface area (Å²) in [5.74, 6) is 1.80. The Morgan fingerprint density at radius 3 is 2.46 bits per heavy atom. The van der Waals surface area contributed by atoms with Gasteiger partial charge in [-0.3, -0.25) is 0 Å². The first-order valence-corrected chi connectivity index (χ1v) is 19.0. The van der Waals surface area contributed by atoms with E-state index in [0.29, 0.717) is 17.8 Å². The van der Waals surface area contributed by atoms with E-state index in [1.165, 1.54) is 67.2 Å². The molecular weight excluding hydrogens is 603 g/mol. The molecule has 6 atom stereocenters. The average Bonchev–Trinajstić information content (AvgIpc) is 3.11. The molecule has 250 valence electrons. The van der Waals surface area contributed by atoms with E-state index in [2.05, 4.69) is 173 Å². The Balaban J connectivity index is 1.29. The van der Waals surface area contributed by atoms with E-state index in [9.17, 15) is 0 Å². The molecule has 1 heteroatoms. The number of fused-ring (bicyclic) bond motifs is 2. The van der Waals surface area contributed by atoms with Gasteiger partial charge in [-0.1, -0.05) is 156 Å². The molecule has 8 aliphatic rings. The Morgan fingerprint density at radius 2 is 1.62 bits per heavy atom. The van der Waals surface area contributed by atoms with Gasteiger partial charge >= 0.3 is 0 Å². The molecule has 0 radical (unpaired) electrons. The minimum absolute atomic E-state index is 0.0430. The zero-order chi connectivity index (χ0) is 34.2. The van der Waals surface area contributed by atoms with Crippen LogP contribution in [0.4, 0.5) is 5.69 Å². The van der Waals surface area contributed by atoms with Crippen molar-refractivity contribution in [2.45, 2.75) is 60.3 Å². The summed E-state index contributed by atoms with van der Waals surface area (Å²) in [7, 11) is 0. The summed E-state index contributed by atoms with van der Waals surface area (Å²) in [6.45, 7) is 12.0. The molecule has 0 amide bonds. The van der Waals surface area contributed by atoms with Gasteiger partial charge in [-0.2, -0.15) is 0 Å². The third-order valence-electron chi connectivity index (χ3n) is 12.7. The summed E-state index contributed by atoms with van der Waals surface area (Å²) in [5.41, 5.74) is 16.5. The maximum Gasteiger partial charge on any atom is 0.0540 e. The smallest absolute Gasteiger partial charge is 0.0540 e. The Kier molecular flexibility index (Phi) is 7.36. The van der Waals surface area contributed by atoms with E-state index in [1.54, 1.807) is 0 Å². The Hall–Kier alpha value is -4.62. The highest BCUT2D eigenvalue weighted by molar-refractivity contribution is 5.87. The fourth-order valence-corrected chi connectivity index (χ4v) is 9.98. The van der Waals surface area contributed by atoms with Crippen molar-refractivity contribution in [1.82, 2.24) is 0 Å². The standard InChI is InChI=1S/C49H49N/c1-32-21-24-35(25-22-32)37-15-8-9-20-44(37)50(45-27-23-33(2)31-40(45)36-14-7-6-13-34(36)3)46-28-26-42-39-17-12-30-48(4)29-11-16-38(47(39)48)41-18-10-19-43(46)49(41,42)5/h6-12,14-21,24-29,31-34,42H,13,22-23,30H2,1-5H3. The second-order valence-corrected chi connectivity index (χ2v) is 16.2. The number of allylic oxidation sites excluding steroid dienone is 25. The van der Waals surface area contributed by atoms with Crippen molar-refractivity contribution in [3.63, 3.8) is 0 Å². The van der Waals surface area contributed by atoms with E-state index in [-0.39, 0.29) is 16.7 Å². The summed E-state index contributed by atoms with van der Waals surface area (Å²) < 4.78 is 0. The zero-order valence-electron chi connectivity index (χ0n) is 30.3. The molecule has 50 heavy (non-hydrogen) atoms. The highest BCUT2D eigenvalue weighted by Crippen LogP contribution is 2.64. The van der Waals surface area contributed by atoms with Gasteiger partial charge in [0.25, 0.3) is 0 Å². The van der Waals surface area contributed by atoms with Gasteiger partial charge in [0, 0.05) is 33.7 Å². The van der Waals surface area contributed by atoms with Gasteiger partial charge in [-0.05, 0) is 100 Å². The van der Waals surface area contributed by atoms with Crippen molar-refractivity contribution >= 4 is 11.3 Å². The lowest BCUT2D eigenvalue weighted by molar-refractivity contribution is 0.361. The van der Waals surface area contributed by atoms with Crippen molar-refractivity contribution in [3.05, 3.63) is 190 Å². The molecule has 0 fully saturated rings. The predicted octanol–water partition coefficient (Wildman–Crippen LogP) is 12.6. The molecule has 1 aromatic rings. The first-order chi connectivity index (χ1) is 24.3. The minimum Gasteiger partial charge on any atom is -0.309 e. The fraction of sp³-hybridized carbons (Fsp3) is 0.306. The van der Waals surface area contributed by atoms with Crippen molar-refractivity contribution in [3.8, 4) is 0 Å². The van der Waals surface area contributed by atoms with Crippen LogP contribution in [0, 0.1) is 34.5 Å². The number of anilines is 1. The second kappa shape index (κ2) is 11.7. The van der Waals surface area contributed by atoms with Crippen LogP contribution in [0.25, 0.3) is 5.57 Å². The van der Waals surface area contributed by atoms with E-state index in [4.69, 9.17) is 0 Å². The van der Waals surface area contributed by atoms with Gasteiger partial charge in [0.15, 0.2) is 0 Å². The van der Waals surface area contributed by atoms with Crippen LogP contribution in [0.3, 0.4) is 0 Å². The minimum atomic E-state index is -0.198. The molecule has 0 saturated carbocycles. The quantitative estimate of drug-likeness (QED) is 0.306. The molecule has 0 saturated heterocycles. The Bertz CT molecular complexity index is 2130. The maximum atomic E-state index is 2.66. The SMILES string of the molecule is CC1C=CC(c2ccccc2N(C2=CCC(C)C=C2C2=CC=CCC2C)C2=C3C=CC=C4C5=CC=CC6(C)CC=CC(=C56)C(C=C2)C43C)=CC1. The first-order valence-electron chi connectivity index (χ1n) is 19.0. The molecule has 0 aromatic heterocycles. The zero-order valence-corrected chi connectivity index (χ0v) is 30.3. The largest absolute Gasteiger partial charge is 0.309 e. The number of benzene rings is 1. The first kappa shape index (κ1) is 31.4. The maximum absolute atomic E-state index is 2.66. The van der Waals surface area contributed by atoms with Gasteiger partial charge < -0.3 is 4.90 Å². The van der Waals surface area contributed by atoms with Crippen LogP contribution in [0.1, 0.15) is 65.9 Å². The van der Waals surface area contributed by atoms with E-state index in [0.717, 1.165) is 25.7 Å². The molecule has 0 bridgehead atoms. The highest BCUT2D eigenvalue weighted by atomic mass is 15.2. The van der Waals surface area contributed by atoms with Crippen LogP contribution in [-0.4, -0.2) is 0 Å². The molecule has 0 spiro atoms. The van der Waals surface area contributed by atoms with E-state index in [1.807, 2.05) is 0 Å². The number of hydrogen-bond donors (Lipinski definition) is 0. The normalized spacial score (nSPS) is 33.2. The number of para-hydroxylation sites is 1. The lowest BCUT2D eigenvalue weighted by atomic mass is 9.50. The number of nitrogens with zero attached hydrogens (tertiary/aromatic N) is 1. The number of hydrogen-bond acceptors (Lipinski definition) is 1. The van der Waals surface area contributed by atoms with Gasteiger partial charge in [0.05, 0.1) is 5.69 Å². The molecule has 0 heterocycles. The third kappa shape index (κ3) is 4.65. The van der Waals surface area contributed by atoms with Crippen LogP contribution in [-0.2, 0) is 0 Å². The van der Waals surface area contributed by atoms with E-state index < -0.39 is 0 Å². The summed E-state index contributed by atoms with van der Waals surface area (Å²) >= 11 is 0. The van der Waals surface area contributed by atoms with Gasteiger partial charge in [0.2, 0.25) is 0 Å². The van der Waals surface area contributed by atoms with Crippen LogP contribution in [0.5, 0.6) is 0 Å². The van der Waals surface area contributed by atoms with Gasteiger partial charge in [-0.25, -0.2) is 0 Å². The molecule has 1 nitrogen and oxygen atoms in total. The molecule has 6 unspecified atom stereocenters. The van der Waals surface area contributed by atoms with Crippen LogP contribution >= 0.6 is 0 Å².